The van der Waals surface area contributed by atoms with Crippen molar-refractivity contribution in [2.24, 2.45) is 5.73 Å². The summed E-state index contributed by atoms with van der Waals surface area (Å²) in [7, 11) is 0. The van der Waals surface area contributed by atoms with Gasteiger partial charge in [0, 0.05) is 31.1 Å². The van der Waals surface area contributed by atoms with E-state index in [1.807, 2.05) is 48.5 Å². The predicted molar refractivity (Wildman–Crippen MR) is 114 cm³/mol. The third-order valence-electron chi connectivity index (χ3n) is 5.30. The van der Waals surface area contributed by atoms with Gasteiger partial charge in [-0.25, -0.2) is 4.98 Å². The Morgan fingerprint density at radius 1 is 1.17 bits per heavy atom. The van der Waals surface area contributed by atoms with E-state index in [1.165, 1.54) is 0 Å². The summed E-state index contributed by atoms with van der Waals surface area (Å²) in [4.78, 5) is 23.0. The van der Waals surface area contributed by atoms with E-state index in [0.29, 0.717) is 35.7 Å². The van der Waals surface area contributed by atoms with E-state index >= 15 is 0 Å². The molecule has 146 valence electrons. The first-order chi connectivity index (χ1) is 14.2. The molecular weight excluding hydrogens is 362 g/mol. The van der Waals surface area contributed by atoms with Crippen LogP contribution in [0.2, 0.25) is 0 Å². The fraction of sp³-hybridized carbons (Fsp3) is 0.261. The number of nitrogens with one attached hydrogen (secondary N) is 1. The van der Waals surface area contributed by atoms with Gasteiger partial charge in [-0.05, 0) is 24.5 Å². The molecule has 0 spiro atoms. The molecule has 1 unspecified atom stereocenters. The van der Waals surface area contributed by atoms with E-state index in [4.69, 9.17) is 10.7 Å². The minimum absolute atomic E-state index is 0.0595. The second-order valence-electron chi connectivity index (χ2n) is 7.38. The van der Waals surface area contributed by atoms with Crippen LogP contribution in [0.4, 0.5) is 5.82 Å². The van der Waals surface area contributed by atoms with Gasteiger partial charge in [-0.15, -0.1) is 0 Å². The summed E-state index contributed by atoms with van der Waals surface area (Å²) >= 11 is 0. The number of nitrogens with two attached hydrogens (primary N) is 1. The Morgan fingerprint density at radius 2 is 1.93 bits per heavy atom. The lowest BCUT2D eigenvalue weighted by molar-refractivity contribution is 0.502. The molecule has 4 rings (SSSR count). The van der Waals surface area contributed by atoms with Crippen LogP contribution in [0.1, 0.15) is 29.5 Å². The van der Waals surface area contributed by atoms with E-state index in [1.54, 1.807) is 6.07 Å². The maximum atomic E-state index is 13.1. The van der Waals surface area contributed by atoms with Crippen molar-refractivity contribution in [3.8, 4) is 17.5 Å². The van der Waals surface area contributed by atoms with Gasteiger partial charge in [-0.2, -0.15) is 5.26 Å². The zero-order valence-corrected chi connectivity index (χ0v) is 16.1. The molecule has 1 fully saturated rings. The van der Waals surface area contributed by atoms with Crippen LogP contribution in [0, 0.1) is 11.3 Å². The molecule has 2 aromatic carbocycles. The highest BCUT2D eigenvalue weighted by molar-refractivity contribution is 5.60. The average molecular weight is 385 g/mol. The Kier molecular flexibility index (Phi) is 5.41. The number of rotatable bonds is 4. The summed E-state index contributed by atoms with van der Waals surface area (Å²) in [6, 6.07) is 19.3. The van der Waals surface area contributed by atoms with Crippen molar-refractivity contribution >= 4 is 5.82 Å². The highest BCUT2D eigenvalue weighted by Crippen LogP contribution is 2.25. The monoisotopic (exact) mass is 385 g/mol. The Labute approximate surface area is 169 Å². The van der Waals surface area contributed by atoms with E-state index in [9.17, 15) is 10.1 Å². The van der Waals surface area contributed by atoms with E-state index in [2.05, 4.69) is 16.0 Å². The number of benzene rings is 2. The molecule has 0 bridgehead atoms. The molecule has 29 heavy (non-hydrogen) atoms. The lowest BCUT2D eigenvalue weighted by atomic mass is 10.00. The molecule has 1 aromatic heterocycles. The van der Waals surface area contributed by atoms with Gasteiger partial charge >= 0.3 is 0 Å². The van der Waals surface area contributed by atoms with Crippen LogP contribution in [0.5, 0.6) is 0 Å². The summed E-state index contributed by atoms with van der Waals surface area (Å²) in [6.07, 6.45) is 2.28. The molecule has 6 nitrogen and oxygen atoms in total. The fourth-order valence-electron chi connectivity index (χ4n) is 3.82. The highest BCUT2D eigenvalue weighted by Gasteiger charge is 2.24. The van der Waals surface area contributed by atoms with Gasteiger partial charge in [-0.3, -0.25) is 4.79 Å². The Hall–Kier alpha value is -3.43. The molecule has 3 N–H and O–H groups in total. The standard InChI is InChI=1S/C23H23N5O/c24-14-18-10-5-4-9-17(18)13-20-22(28-12-6-11-19(25)15-28)26-21(27-23(20)29)16-7-2-1-3-8-16/h1-5,7-10,19H,6,11-13,15,25H2,(H,26,27,29). The van der Waals surface area contributed by atoms with Gasteiger partial charge < -0.3 is 15.6 Å². The largest absolute Gasteiger partial charge is 0.355 e. The highest BCUT2D eigenvalue weighted by atomic mass is 16.1. The SMILES string of the molecule is N#Cc1ccccc1Cc1c(N2CCCC(N)C2)nc(-c2ccccc2)[nH]c1=O. The Bertz CT molecular complexity index is 1100. The van der Waals surface area contributed by atoms with Crippen LogP contribution in [-0.2, 0) is 6.42 Å². The molecule has 0 amide bonds. The zero-order chi connectivity index (χ0) is 20.2. The molecule has 1 atom stereocenters. The molecule has 6 heteroatoms. The van der Waals surface area contributed by atoms with Crippen molar-refractivity contribution in [1.82, 2.24) is 9.97 Å². The van der Waals surface area contributed by atoms with E-state index in [0.717, 1.165) is 30.5 Å². The van der Waals surface area contributed by atoms with Crippen molar-refractivity contribution in [3.05, 3.63) is 81.6 Å². The van der Waals surface area contributed by atoms with Gasteiger partial charge in [-0.1, -0.05) is 48.5 Å². The number of anilines is 1. The second kappa shape index (κ2) is 8.29. The summed E-state index contributed by atoms with van der Waals surface area (Å²) in [5, 5.41) is 9.43. The summed E-state index contributed by atoms with van der Waals surface area (Å²) in [6.45, 7) is 1.48. The van der Waals surface area contributed by atoms with Gasteiger partial charge in [0.25, 0.3) is 5.56 Å². The number of aromatic nitrogens is 2. The molecule has 2 heterocycles. The first kappa shape index (κ1) is 18.9. The topological polar surface area (TPSA) is 98.8 Å². The maximum Gasteiger partial charge on any atom is 0.256 e. The van der Waals surface area contributed by atoms with Crippen molar-refractivity contribution in [2.75, 3.05) is 18.0 Å². The van der Waals surface area contributed by atoms with Crippen LogP contribution in [0.3, 0.4) is 0 Å². The number of aromatic amines is 1. The first-order valence-corrected chi connectivity index (χ1v) is 9.83. The van der Waals surface area contributed by atoms with Crippen LogP contribution >= 0.6 is 0 Å². The second-order valence-corrected chi connectivity index (χ2v) is 7.38. The maximum absolute atomic E-state index is 13.1. The quantitative estimate of drug-likeness (QED) is 0.719. The molecule has 3 aromatic rings. The average Bonchev–Trinajstić information content (AvgIpc) is 2.76. The number of H-pyrrole nitrogens is 1. The first-order valence-electron chi connectivity index (χ1n) is 9.83. The van der Waals surface area contributed by atoms with Crippen LogP contribution in [0.15, 0.2) is 59.4 Å². The van der Waals surface area contributed by atoms with E-state index in [-0.39, 0.29) is 11.6 Å². The van der Waals surface area contributed by atoms with Crippen molar-refractivity contribution in [2.45, 2.75) is 25.3 Å². The van der Waals surface area contributed by atoms with Crippen molar-refractivity contribution in [3.63, 3.8) is 0 Å². The molecule has 0 aliphatic carbocycles. The molecule has 0 saturated carbocycles. The molecule has 1 saturated heterocycles. The molecule has 1 aliphatic heterocycles. The predicted octanol–water partition coefficient (Wildman–Crippen LogP) is 2.83. The van der Waals surface area contributed by atoms with E-state index < -0.39 is 0 Å². The minimum Gasteiger partial charge on any atom is -0.355 e. The number of nitrogens with zero attached hydrogens (tertiary/aromatic N) is 3. The lowest BCUT2D eigenvalue weighted by Crippen LogP contribution is -2.44. The van der Waals surface area contributed by atoms with Gasteiger partial charge in [0.2, 0.25) is 0 Å². The minimum atomic E-state index is -0.180. The zero-order valence-electron chi connectivity index (χ0n) is 16.1. The van der Waals surface area contributed by atoms with Gasteiger partial charge in [0.1, 0.15) is 11.6 Å². The number of hydrogen-bond donors (Lipinski definition) is 2. The molecular formula is C23H23N5O. The summed E-state index contributed by atoms with van der Waals surface area (Å²) in [5.41, 5.74) is 8.83. The molecule has 1 aliphatic rings. The van der Waals surface area contributed by atoms with Crippen LogP contribution in [0.25, 0.3) is 11.4 Å². The molecule has 0 radical (unpaired) electrons. The van der Waals surface area contributed by atoms with Crippen LogP contribution < -0.4 is 16.2 Å². The Balaban J connectivity index is 1.83. The lowest BCUT2D eigenvalue weighted by Gasteiger charge is -2.33. The van der Waals surface area contributed by atoms with Crippen LogP contribution in [-0.4, -0.2) is 29.1 Å². The fourth-order valence-corrected chi connectivity index (χ4v) is 3.82. The van der Waals surface area contributed by atoms with Crippen molar-refractivity contribution in [1.29, 1.82) is 5.26 Å². The number of nitriles is 1. The Morgan fingerprint density at radius 3 is 2.69 bits per heavy atom. The third-order valence-corrected chi connectivity index (χ3v) is 5.30. The van der Waals surface area contributed by atoms with Gasteiger partial charge in [0.15, 0.2) is 0 Å². The number of piperidine rings is 1. The summed E-state index contributed by atoms with van der Waals surface area (Å²) in [5.74, 6) is 1.21. The normalized spacial score (nSPS) is 16.4. The van der Waals surface area contributed by atoms with Crippen molar-refractivity contribution < 1.29 is 0 Å². The number of hydrogen-bond acceptors (Lipinski definition) is 5. The van der Waals surface area contributed by atoms with Gasteiger partial charge in [0.05, 0.1) is 17.2 Å². The third kappa shape index (κ3) is 4.05. The summed E-state index contributed by atoms with van der Waals surface area (Å²) < 4.78 is 0. The smallest absolute Gasteiger partial charge is 0.256 e.